The maximum absolute atomic E-state index is 16.1. The van der Waals surface area contributed by atoms with Crippen LogP contribution in [-0.2, 0) is 9.47 Å². The molecule has 1 aromatic carbocycles. The maximum atomic E-state index is 16.1. The normalized spacial score (nSPS) is 29.9. The van der Waals surface area contributed by atoms with Crippen LogP contribution >= 0.6 is 11.6 Å². The first-order chi connectivity index (χ1) is 13.3. The molecule has 3 aromatic rings. The first-order valence-electron chi connectivity index (χ1n) is 8.71. The van der Waals surface area contributed by atoms with Crippen LogP contribution in [0.3, 0.4) is 0 Å². The first-order valence-corrected chi connectivity index (χ1v) is 9.09. The summed E-state index contributed by atoms with van der Waals surface area (Å²) in [5.41, 5.74) is -2.62. The van der Waals surface area contributed by atoms with Gasteiger partial charge in [0.15, 0.2) is 28.3 Å². The van der Waals surface area contributed by atoms with Gasteiger partial charge in [0.05, 0.1) is 11.9 Å². The number of nitrogens with zero attached hydrogens (tertiary/aromatic N) is 4. The third-order valence-corrected chi connectivity index (χ3v) is 5.70. The highest BCUT2D eigenvalue weighted by Crippen LogP contribution is 2.51. The molecule has 1 aliphatic rings. The highest BCUT2D eigenvalue weighted by molar-refractivity contribution is 6.33. The standard InChI is InChI=1S/C19H18ClFN4O3/c1-11-19(3,28-16(26)12-7-5-4-6-8-12)18(2,21)17(27-11)25-10-24-13-14(20)22-9-23-15(13)25/h4-11,17H,1-3H3/t11-,17?,18+,19+/m1/s1. The maximum Gasteiger partial charge on any atom is 0.338 e. The molecule has 146 valence electrons. The third kappa shape index (κ3) is 2.67. The van der Waals surface area contributed by atoms with E-state index in [9.17, 15) is 4.79 Å². The fourth-order valence-corrected chi connectivity index (χ4v) is 3.60. The lowest BCUT2D eigenvalue weighted by Crippen LogP contribution is -2.53. The number of fused-ring (bicyclic) bond motifs is 1. The van der Waals surface area contributed by atoms with Crippen molar-refractivity contribution in [3.63, 3.8) is 0 Å². The SMILES string of the molecule is C[C@H]1OC(n2cnc3c(Cl)ncnc32)[C@](C)(F)[C@@]1(C)OC(=O)c1ccccc1. The topological polar surface area (TPSA) is 79.1 Å². The molecular formula is C19H18ClFN4O3. The van der Waals surface area contributed by atoms with Gasteiger partial charge in [-0.3, -0.25) is 4.57 Å². The zero-order chi connectivity index (χ0) is 20.1. The van der Waals surface area contributed by atoms with Gasteiger partial charge < -0.3 is 9.47 Å². The Labute approximate surface area is 165 Å². The average Bonchev–Trinajstić information content (AvgIpc) is 3.17. The van der Waals surface area contributed by atoms with Gasteiger partial charge in [-0.2, -0.15) is 0 Å². The number of hydrogen-bond acceptors (Lipinski definition) is 6. The molecule has 4 atom stereocenters. The van der Waals surface area contributed by atoms with Crippen molar-refractivity contribution >= 4 is 28.7 Å². The van der Waals surface area contributed by atoms with E-state index in [1.165, 1.54) is 31.1 Å². The lowest BCUT2D eigenvalue weighted by molar-refractivity contribution is -0.0925. The van der Waals surface area contributed by atoms with Crippen molar-refractivity contribution in [3.8, 4) is 0 Å². The number of halogens is 2. The molecule has 3 heterocycles. The fraction of sp³-hybridized carbons (Fsp3) is 0.368. The first kappa shape index (κ1) is 18.8. The Bertz CT molecular complexity index is 1040. The van der Waals surface area contributed by atoms with E-state index >= 15 is 4.39 Å². The Balaban J connectivity index is 1.71. The summed E-state index contributed by atoms with van der Waals surface area (Å²) in [5.74, 6) is -0.621. The van der Waals surface area contributed by atoms with E-state index in [0.29, 0.717) is 16.7 Å². The summed E-state index contributed by atoms with van der Waals surface area (Å²) in [5, 5.41) is 0.161. The zero-order valence-corrected chi connectivity index (χ0v) is 16.2. The van der Waals surface area contributed by atoms with Gasteiger partial charge in [-0.1, -0.05) is 29.8 Å². The van der Waals surface area contributed by atoms with E-state index in [-0.39, 0.29) is 5.15 Å². The highest BCUT2D eigenvalue weighted by Gasteiger charge is 2.65. The van der Waals surface area contributed by atoms with E-state index in [2.05, 4.69) is 15.0 Å². The molecule has 28 heavy (non-hydrogen) atoms. The van der Waals surface area contributed by atoms with Crippen LogP contribution < -0.4 is 0 Å². The molecule has 7 nitrogen and oxygen atoms in total. The number of imidazole rings is 1. The second-order valence-electron chi connectivity index (χ2n) is 7.06. The molecule has 0 amide bonds. The number of rotatable bonds is 3. The van der Waals surface area contributed by atoms with Crippen molar-refractivity contribution in [2.75, 3.05) is 0 Å². The molecule has 0 radical (unpaired) electrons. The van der Waals surface area contributed by atoms with E-state index < -0.39 is 29.6 Å². The summed E-state index contributed by atoms with van der Waals surface area (Å²) in [4.78, 5) is 24.8. The van der Waals surface area contributed by atoms with Crippen LogP contribution in [0.15, 0.2) is 43.0 Å². The van der Waals surface area contributed by atoms with Gasteiger partial charge in [0.1, 0.15) is 17.9 Å². The summed E-state index contributed by atoms with van der Waals surface area (Å²) in [6.45, 7) is 4.53. The molecule has 4 rings (SSSR count). The van der Waals surface area contributed by atoms with Crippen LogP contribution in [0.2, 0.25) is 5.15 Å². The number of aromatic nitrogens is 4. The van der Waals surface area contributed by atoms with Gasteiger partial charge in [-0.15, -0.1) is 0 Å². The van der Waals surface area contributed by atoms with E-state index in [0.717, 1.165) is 0 Å². The zero-order valence-electron chi connectivity index (χ0n) is 15.5. The minimum absolute atomic E-state index is 0.161. The van der Waals surface area contributed by atoms with Gasteiger partial charge in [-0.25, -0.2) is 24.1 Å². The predicted octanol–water partition coefficient (Wildman–Crippen LogP) is 3.74. The van der Waals surface area contributed by atoms with Gasteiger partial charge in [0, 0.05) is 0 Å². The van der Waals surface area contributed by atoms with Gasteiger partial charge >= 0.3 is 5.97 Å². The number of benzene rings is 1. The minimum atomic E-state index is -2.08. The van der Waals surface area contributed by atoms with Crippen molar-refractivity contribution in [2.45, 2.75) is 44.4 Å². The van der Waals surface area contributed by atoms with E-state index in [4.69, 9.17) is 21.1 Å². The van der Waals surface area contributed by atoms with Crippen molar-refractivity contribution in [2.24, 2.45) is 0 Å². The number of esters is 1. The number of ether oxygens (including phenoxy) is 2. The van der Waals surface area contributed by atoms with Crippen LogP contribution in [0.4, 0.5) is 4.39 Å². The number of alkyl halides is 1. The van der Waals surface area contributed by atoms with Gasteiger partial charge in [0.25, 0.3) is 0 Å². The van der Waals surface area contributed by atoms with Crippen LogP contribution in [0.25, 0.3) is 11.2 Å². The summed E-state index contributed by atoms with van der Waals surface area (Å²) >= 11 is 6.04. The van der Waals surface area contributed by atoms with Crippen LogP contribution in [0.5, 0.6) is 0 Å². The molecule has 0 saturated carbocycles. The van der Waals surface area contributed by atoms with Crippen molar-refractivity contribution < 1.29 is 18.7 Å². The lowest BCUT2D eigenvalue weighted by atomic mass is 9.84. The van der Waals surface area contributed by atoms with Crippen molar-refractivity contribution in [3.05, 3.63) is 53.7 Å². The van der Waals surface area contributed by atoms with E-state index in [1.807, 2.05) is 0 Å². The van der Waals surface area contributed by atoms with Gasteiger partial charge in [0.2, 0.25) is 0 Å². The highest BCUT2D eigenvalue weighted by atomic mass is 35.5. The summed E-state index contributed by atoms with van der Waals surface area (Å²) in [6, 6.07) is 8.44. The molecule has 0 bridgehead atoms. The minimum Gasteiger partial charge on any atom is -0.449 e. The summed E-state index contributed by atoms with van der Waals surface area (Å²) in [7, 11) is 0. The summed E-state index contributed by atoms with van der Waals surface area (Å²) in [6.07, 6.45) is 0.818. The largest absolute Gasteiger partial charge is 0.449 e. The second-order valence-corrected chi connectivity index (χ2v) is 7.42. The second kappa shape index (κ2) is 6.49. The van der Waals surface area contributed by atoms with Gasteiger partial charge in [-0.05, 0) is 32.9 Å². The van der Waals surface area contributed by atoms with Crippen molar-refractivity contribution in [1.82, 2.24) is 19.5 Å². The number of carbonyl (C=O) groups is 1. The monoisotopic (exact) mass is 404 g/mol. The molecule has 1 unspecified atom stereocenters. The predicted molar refractivity (Wildman–Crippen MR) is 99.7 cm³/mol. The Morgan fingerprint density at radius 1 is 1.25 bits per heavy atom. The molecule has 1 aliphatic heterocycles. The molecule has 0 spiro atoms. The Morgan fingerprint density at radius 3 is 2.68 bits per heavy atom. The van der Waals surface area contributed by atoms with Crippen molar-refractivity contribution in [1.29, 1.82) is 0 Å². The lowest BCUT2D eigenvalue weighted by Gasteiger charge is -2.36. The van der Waals surface area contributed by atoms with E-state index in [1.54, 1.807) is 37.3 Å². The molecule has 0 aliphatic carbocycles. The van der Waals surface area contributed by atoms with Crippen LogP contribution in [0.1, 0.15) is 37.4 Å². The average molecular weight is 405 g/mol. The van der Waals surface area contributed by atoms with Crippen LogP contribution in [-0.4, -0.2) is 42.9 Å². The molecule has 1 fully saturated rings. The third-order valence-electron chi connectivity index (χ3n) is 5.42. The Kier molecular flexibility index (Phi) is 4.35. The number of hydrogen-bond donors (Lipinski definition) is 0. The summed E-state index contributed by atoms with van der Waals surface area (Å²) < 4.78 is 29.1. The van der Waals surface area contributed by atoms with Crippen LogP contribution in [0, 0.1) is 0 Å². The molecular weight excluding hydrogens is 387 g/mol. The molecule has 1 saturated heterocycles. The number of carbonyl (C=O) groups excluding carboxylic acids is 1. The molecule has 2 aromatic heterocycles. The Hall–Kier alpha value is -2.58. The molecule has 0 N–H and O–H groups in total. The smallest absolute Gasteiger partial charge is 0.338 e. The molecule has 9 heteroatoms. The quantitative estimate of drug-likeness (QED) is 0.488. The Morgan fingerprint density at radius 2 is 1.96 bits per heavy atom. The fourth-order valence-electron chi connectivity index (χ4n) is 3.42.